The Balaban J connectivity index is 2.24. The van der Waals surface area contributed by atoms with Crippen LogP contribution in [0.25, 0.3) is 0 Å². The summed E-state index contributed by atoms with van der Waals surface area (Å²) in [4.78, 5) is 27.8. The van der Waals surface area contributed by atoms with E-state index in [-0.39, 0.29) is 31.0 Å². The van der Waals surface area contributed by atoms with E-state index in [9.17, 15) is 9.59 Å². The van der Waals surface area contributed by atoms with Crippen LogP contribution in [0, 0.1) is 0 Å². The van der Waals surface area contributed by atoms with Gasteiger partial charge in [0.05, 0.1) is 4.47 Å². The van der Waals surface area contributed by atoms with E-state index < -0.39 is 6.04 Å². The van der Waals surface area contributed by atoms with Crippen LogP contribution in [-0.4, -0.2) is 35.4 Å². The van der Waals surface area contributed by atoms with E-state index in [4.69, 9.17) is 16.3 Å². The fourth-order valence-electron chi connectivity index (χ4n) is 3.27. The lowest BCUT2D eigenvalue weighted by Crippen LogP contribution is -2.51. The van der Waals surface area contributed by atoms with E-state index in [0.717, 1.165) is 22.9 Å². The van der Waals surface area contributed by atoms with Gasteiger partial charge in [-0.1, -0.05) is 56.6 Å². The van der Waals surface area contributed by atoms with Crippen LogP contribution >= 0.6 is 27.5 Å². The van der Waals surface area contributed by atoms with Gasteiger partial charge in [0.1, 0.15) is 11.8 Å². The van der Waals surface area contributed by atoms with Gasteiger partial charge in [0, 0.05) is 17.6 Å². The van der Waals surface area contributed by atoms with E-state index in [2.05, 4.69) is 28.2 Å². The molecule has 2 rings (SSSR count). The molecule has 0 saturated carbocycles. The molecule has 7 heteroatoms. The second kappa shape index (κ2) is 12.9. The van der Waals surface area contributed by atoms with Crippen molar-refractivity contribution >= 4 is 39.3 Å². The second-order valence-corrected chi connectivity index (χ2v) is 9.02. The highest BCUT2D eigenvalue weighted by Gasteiger charge is 2.30. The van der Waals surface area contributed by atoms with Crippen LogP contribution in [0.15, 0.2) is 46.9 Å². The number of aryl methyl sites for hydroxylation is 1. The zero-order valence-corrected chi connectivity index (χ0v) is 21.5. The minimum absolute atomic E-state index is 0.0260. The Morgan fingerprint density at radius 2 is 1.84 bits per heavy atom. The number of nitrogens with zero attached hydrogens (tertiary/aromatic N) is 1. The quantitative estimate of drug-likeness (QED) is 0.407. The minimum atomic E-state index is -0.623. The number of halogens is 2. The fraction of sp³-hybridized carbons (Fsp3) is 0.440. The Labute approximate surface area is 204 Å². The second-order valence-electron chi connectivity index (χ2n) is 7.76. The van der Waals surface area contributed by atoms with Crippen molar-refractivity contribution < 1.29 is 14.3 Å². The Kier molecular flexibility index (Phi) is 10.5. The van der Waals surface area contributed by atoms with Crippen molar-refractivity contribution in [1.29, 1.82) is 0 Å². The third-order valence-electron chi connectivity index (χ3n) is 5.44. The monoisotopic (exact) mass is 522 g/mol. The molecule has 0 spiro atoms. The first-order valence-corrected chi connectivity index (χ1v) is 12.2. The van der Waals surface area contributed by atoms with Crippen LogP contribution in [0.2, 0.25) is 5.02 Å². The Morgan fingerprint density at radius 3 is 2.44 bits per heavy atom. The summed E-state index contributed by atoms with van der Waals surface area (Å²) in [7, 11) is 0. The predicted molar refractivity (Wildman–Crippen MR) is 133 cm³/mol. The summed E-state index contributed by atoms with van der Waals surface area (Å²) in [5.74, 6) is 0.142. The summed E-state index contributed by atoms with van der Waals surface area (Å²) >= 11 is 9.86. The van der Waals surface area contributed by atoms with Gasteiger partial charge in [-0.25, -0.2) is 0 Å². The van der Waals surface area contributed by atoms with Crippen LogP contribution in [0.3, 0.4) is 0 Å². The molecule has 0 heterocycles. The zero-order chi connectivity index (χ0) is 23.7. The van der Waals surface area contributed by atoms with Crippen LogP contribution in [-0.2, 0) is 22.6 Å². The van der Waals surface area contributed by atoms with Crippen LogP contribution in [0.1, 0.15) is 51.7 Å². The molecule has 0 aliphatic rings. The molecule has 0 radical (unpaired) electrons. The van der Waals surface area contributed by atoms with Gasteiger partial charge in [0.2, 0.25) is 5.91 Å². The van der Waals surface area contributed by atoms with Gasteiger partial charge in [0.25, 0.3) is 5.91 Å². The van der Waals surface area contributed by atoms with Crippen molar-refractivity contribution in [1.82, 2.24) is 10.2 Å². The molecule has 5 nitrogen and oxygen atoms in total. The number of ether oxygens (including phenoxy) is 1. The largest absolute Gasteiger partial charge is 0.483 e. The molecule has 174 valence electrons. The summed E-state index contributed by atoms with van der Waals surface area (Å²) in [6.45, 7) is 7.98. The van der Waals surface area contributed by atoms with Crippen LogP contribution in [0.4, 0.5) is 0 Å². The molecule has 1 N–H and O–H groups in total. The van der Waals surface area contributed by atoms with Gasteiger partial charge in [-0.15, -0.1) is 0 Å². The van der Waals surface area contributed by atoms with Crippen molar-refractivity contribution in [3.05, 3.63) is 63.1 Å². The molecule has 2 aromatic carbocycles. The van der Waals surface area contributed by atoms with Gasteiger partial charge >= 0.3 is 0 Å². The maximum atomic E-state index is 13.3. The van der Waals surface area contributed by atoms with E-state index in [1.54, 1.807) is 11.0 Å². The van der Waals surface area contributed by atoms with Crippen molar-refractivity contribution in [3.63, 3.8) is 0 Å². The molecular weight excluding hydrogens is 492 g/mol. The highest BCUT2D eigenvalue weighted by molar-refractivity contribution is 9.10. The number of benzene rings is 2. The summed E-state index contributed by atoms with van der Waals surface area (Å²) < 4.78 is 6.62. The Bertz CT molecular complexity index is 922. The molecule has 0 aromatic heterocycles. The lowest BCUT2D eigenvalue weighted by molar-refractivity contribution is -0.143. The minimum Gasteiger partial charge on any atom is -0.483 e. The molecule has 0 aliphatic heterocycles. The summed E-state index contributed by atoms with van der Waals surface area (Å²) in [6.07, 6.45) is 2.20. The number of nitrogens with one attached hydrogen (secondary N) is 1. The highest BCUT2D eigenvalue weighted by Crippen LogP contribution is 2.27. The molecule has 0 bridgehead atoms. The Hall–Kier alpha value is -2.05. The summed E-state index contributed by atoms with van der Waals surface area (Å²) in [6, 6.07) is 12.6. The topological polar surface area (TPSA) is 58.6 Å². The first-order chi connectivity index (χ1) is 15.3. The van der Waals surface area contributed by atoms with Crippen molar-refractivity contribution in [2.45, 2.75) is 65.6 Å². The van der Waals surface area contributed by atoms with Crippen molar-refractivity contribution in [2.75, 3.05) is 6.61 Å². The van der Waals surface area contributed by atoms with Gasteiger partial charge in [-0.3, -0.25) is 9.59 Å². The number of hydrogen-bond donors (Lipinski definition) is 1. The van der Waals surface area contributed by atoms with E-state index in [1.807, 2.05) is 57.2 Å². The predicted octanol–water partition coefficient (Wildman–Crippen LogP) is 5.77. The molecule has 2 atom stereocenters. The Morgan fingerprint density at radius 1 is 1.12 bits per heavy atom. The highest BCUT2D eigenvalue weighted by atomic mass is 79.9. The fourth-order valence-corrected chi connectivity index (χ4v) is 4.01. The average molecular weight is 524 g/mol. The number of rotatable bonds is 11. The van der Waals surface area contributed by atoms with Crippen molar-refractivity contribution in [2.24, 2.45) is 0 Å². The maximum absolute atomic E-state index is 13.3. The molecule has 0 unspecified atom stereocenters. The average Bonchev–Trinajstić information content (AvgIpc) is 2.78. The lowest BCUT2D eigenvalue weighted by Gasteiger charge is -2.31. The van der Waals surface area contributed by atoms with Gasteiger partial charge in [-0.05, 0) is 71.4 Å². The number of amides is 2. The third kappa shape index (κ3) is 7.24. The zero-order valence-electron chi connectivity index (χ0n) is 19.2. The molecule has 2 aromatic rings. The first kappa shape index (κ1) is 26.2. The molecule has 0 aliphatic carbocycles. The third-order valence-corrected chi connectivity index (χ3v) is 6.43. The van der Waals surface area contributed by atoms with Gasteiger partial charge < -0.3 is 15.0 Å². The smallest absolute Gasteiger partial charge is 0.261 e. The summed E-state index contributed by atoms with van der Waals surface area (Å²) in [5, 5.41) is 3.55. The normalized spacial score (nSPS) is 12.7. The standard InChI is InChI=1S/C25H32BrClN2O3/c1-5-17(4)28-25(31)22(7-3)29(15-19-10-8-9-11-21(19)27)24(30)16-32-23-13-12-18(6-2)14-20(23)26/h8-14,17,22H,5-7,15-16H2,1-4H3,(H,28,31)/t17-,22+/m1/s1. The molecule has 32 heavy (non-hydrogen) atoms. The summed E-state index contributed by atoms with van der Waals surface area (Å²) in [5.41, 5.74) is 1.95. The first-order valence-electron chi connectivity index (χ1n) is 11.0. The molecule has 2 amide bonds. The van der Waals surface area contributed by atoms with Crippen LogP contribution in [0.5, 0.6) is 5.75 Å². The molecular formula is C25H32BrClN2O3. The van der Waals surface area contributed by atoms with Gasteiger partial charge in [0.15, 0.2) is 6.61 Å². The molecule has 0 fully saturated rings. The number of carbonyl (C=O) groups excluding carboxylic acids is 2. The maximum Gasteiger partial charge on any atom is 0.261 e. The van der Waals surface area contributed by atoms with E-state index >= 15 is 0 Å². The van der Waals surface area contributed by atoms with E-state index in [1.165, 1.54) is 5.56 Å². The van der Waals surface area contributed by atoms with Crippen LogP contribution < -0.4 is 10.1 Å². The number of hydrogen-bond acceptors (Lipinski definition) is 3. The SMILES string of the molecule is CCc1ccc(OCC(=O)N(Cc2ccccc2Cl)[C@@H](CC)C(=O)N[C@H](C)CC)c(Br)c1. The molecule has 0 saturated heterocycles. The van der Waals surface area contributed by atoms with Crippen molar-refractivity contribution in [3.8, 4) is 5.75 Å². The lowest BCUT2D eigenvalue weighted by atomic mass is 10.1. The van der Waals surface area contributed by atoms with Gasteiger partial charge in [-0.2, -0.15) is 0 Å². The number of carbonyl (C=O) groups is 2. The van der Waals surface area contributed by atoms with E-state index in [0.29, 0.717) is 17.2 Å².